The van der Waals surface area contributed by atoms with Gasteiger partial charge in [-0.3, -0.25) is 14.4 Å². The first-order chi connectivity index (χ1) is 27.2. The Labute approximate surface area is 344 Å². The zero-order chi connectivity index (χ0) is 44.2. The molecular formula is C43H59NO15. The second kappa shape index (κ2) is 16.2. The Morgan fingerprint density at radius 1 is 0.983 bits per heavy atom. The fraction of sp³-hybridized carbons (Fsp3) is 0.674. The number of fused-ring (bicyclic) bond motifs is 5. The van der Waals surface area contributed by atoms with Gasteiger partial charge in [0.15, 0.2) is 23.6 Å². The molecule has 1 aromatic rings. The summed E-state index contributed by atoms with van der Waals surface area (Å²) < 4.78 is 35.4. The molecule has 11 atom stereocenters. The monoisotopic (exact) mass is 829 g/mol. The molecular weight excluding hydrogens is 770 g/mol. The van der Waals surface area contributed by atoms with Crippen LogP contribution in [0.4, 0.5) is 4.79 Å². The first kappa shape index (κ1) is 45.7. The van der Waals surface area contributed by atoms with Gasteiger partial charge in [0.05, 0.1) is 42.3 Å². The normalized spacial score (nSPS) is 33.4. The van der Waals surface area contributed by atoms with Gasteiger partial charge < -0.3 is 49.1 Å². The molecule has 16 heteroatoms. The highest BCUT2D eigenvalue weighted by Gasteiger charge is 2.78. The molecule has 4 aliphatic rings. The number of amides is 1. The van der Waals surface area contributed by atoms with Crippen molar-refractivity contribution in [3.63, 3.8) is 0 Å². The zero-order valence-electron chi connectivity index (χ0n) is 35.7. The van der Waals surface area contributed by atoms with E-state index >= 15 is 4.79 Å². The lowest BCUT2D eigenvalue weighted by Gasteiger charge is -2.67. The van der Waals surface area contributed by atoms with Gasteiger partial charge in [-0.05, 0) is 48.5 Å². The molecule has 326 valence electrons. The summed E-state index contributed by atoms with van der Waals surface area (Å²) in [6, 6.07) is 6.60. The van der Waals surface area contributed by atoms with Gasteiger partial charge in [-0.25, -0.2) is 14.4 Å². The summed E-state index contributed by atoms with van der Waals surface area (Å²) in [4.78, 5) is 82.3. The molecule has 2 bridgehead atoms. The van der Waals surface area contributed by atoms with Crippen molar-refractivity contribution in [3.05, 3.63) is 47.0 Å². The van der Waals surface area contributed by atoms with Gasteiger partial charge in [-0.15, -0.1) is 0 Å². The summed E-state index contributed by atoms with van der Waals surface area (Å²) in [6.07, 6.45) is -11.3. The molecule has 1 heterocycles. The molecule has 4 N–H and O–H groups in total. The van der Waals surface area contributed by atoms with E-state index in [2.05, 4.69) is 5.32 Å². The Morgan fingerprint density at radius 2 is 1.61 bits per heavy atom. The maximum atomic E-state index is 15.4. The SMILES string of the molecule is CC(=O)O[C@H]1C(=O)[C@@]2(C)[C@H]([C@H](OC(=O)c3ccccc3)[C@]3(O)C[C@H](OC(=O)[C@H](O)[C@@H](NC(=O)OCC(C)C)C(C)(C)C)C(C)=C1C3(C)C)[C@]1(OC(C)=O)CO[C@@H]1C[C@@H]2O. The Balaban J connectivity index is 1.72. The van der Waals surface area contributed by atoms with Gasteiger partial charge in [0.2, 0.25) is 0 Å². The molecule has 1 aliphatic heterocycles. The fourth-order valence-corrected chi connectivity index (χ4v) is 9.54. The maximum absolute atomic E-state index is 15.4. The standard InChI is InChI=1S/C43H59NO15/c1-21(2)19-54-38(52)44-33(39(6,7)8)30(48)37(51)57-26-18-43(53)35(58-36(50)25-15-13-12-14-16-25)32-41(11,27(47)17-28-42(32,20-55-28)59-24(5)46)34(49)31(56-23(4)45)29(22(26)3)40(43,9)10/h12-16,21,26-28,30-33,35,47-48,53H,17-20H2,1-11H3,(H,44,52)/t26-,27-,28+,30+,31+,32-,33+,35-,41+,42-,43+/m0/s1. The average Bonchev–Trinajstić information content (AvgIpc) is 3.13. The number of rotatable bonds is 10. The molecule has 0 aromatic heterocycles. The number of alkyl carbamates (subject to hydrolysis) is 1. The van der Waals surface area contributed by atoms with Crippen molar-refractivity contribution < 1.29 is 72.5 Å². The molecule has 0 spiro atoms. The molecule has 59 heavy (non-hydrogen) atoms. The number of carbonyl (C=O) groups is 6. The number of benzene rings is 1. The van der Waals surface area contributed by atoms with E-state index < -0.39 is 118 Å². The van der Waals surface area contributed by atoms with Crippen molar-refractivity contribution in [1.29, 1.82) is 0 Å². The van der Waals surface area contributed by atoms with Gasteiger partial charge in [0, 0.05) is 32.1 Å². The summed E-state index contributed by atoms with van der Waals surface area (Å²) in [5.41, 5.74) is -8.50. The van der Waals surface area contributed by atoms with Gasteiger partial charge in [0.25, 0.3) is 0 Å². The van der Waals surface area contributed by atoms with Crippen LogP contribution >= 0.6 is 0 Å². The minimum Gasteiger partial charge on any atom is -0.456 e. The molecule has 5 rings (SSSR count). The Hall–Kier alpha value is -4.38. The van der Waals surface area contributed by atoms with Gasteiger partial charge in [-0.1, -0.05) is 66.7 Å². The largest absolute Gasteiger partial charge is 0.456 e. The Kier molecular flexibility index (Phi) is 12.6. The first-order valence-corrected chi connectivity index (χ1v) is 20.0. The van der Waals surface area contributed by atoms with Gasteiger partial charge in [0.1, 0.15) is 23.9 Å². The lowest BCUT2D eigenvalue weighted by molar-refractivity contribution is -0.346. The predicted molar refractivity (Wildman–Crippen MR) is 207 cm³/mol. The zero-order valence-corrected chi connectivity index (χ0v) is 35.7. The van der Waals surface area contributed by atoms with E-state index in [9.17, 15) is 39.3 Å². The highest BCUT2D eigenvalue weighted by atomic mass is 16.6. The quantitative estimate of drug-likeness (QED) is 0.151. The van der Waals surface area contributed by atoms with Crippen molar-refractivity contribution in [2.24, 2.45) is 28.1 Å². The number of ether oxygens (including phenoxy) is 6. The van der Waals surface area contributed by atoms with Crippen LogP contribution in [0.3, 0.4) is 0 Å². The number of nitrogens with one attached hydrogen (secondary N) is 1. The third-order valence-corrected chi connectivity index (χ3v) is 12.8. The maximum Gasteiger partial charge on any atom is 0.407 e. The summed E-state index contributed by atoms with van der Waals surface area (Å²) >= 11 is 0. The number of esters is 4. The lowest BCUT2D eigenvalue weighted by atomic mass is 9.44. The van der Waals surface area contributed by atoms with Crippen LogP contribution in [-0.2, 0) is 47.6 Å². The number of Topliss-reactive ketones (excluding diaryl/α,β-unsaturated/α-hetero) is 1. The first-order valence-electron chi connectivity index (χ1n) is 20.0. The number of aliphatic hydroxyl groups excluding tert-OH is 2. The second-order valence-corrected chi connectivity index (χ2v) is 18.6. The highest BCUT2D eigenvalue weighted by Crippen LogP contribution is 2.64. The molecule has 1 amide bonds. The lowest BCUT2D eigenvalue weighted by Crippen LogP contribution is -2.82. The van der Waals surface area contributed by atoms with Crippen molar-refractivity contribution in [2.75, 3.05) is 13.2 Å². The molecule has 0 unspecified atom stereocenters. The number of ketones is 1. The minimum absolute atomic E-state index is 0.00246. The smallest absolute Gasteiger partial charge is 0.407 e. The van der Waals surface area contributed by atoms with E-state index in [-0.39, 0.29) is 42.3 Å². The van der Waals surface area contributed by atoms with Gasteiger partial charge >= 0.3 is 30.0 Å². The van der Waals surface area contributed by atoms with E-state index in [0.717, 1.165) is 13.8 Å². The van der Waals surface area contributed by atoms with Crippen LogP contribution in [0, 0.1) is 28.1 Å². The van der Waals surface area contributed by atoms with Crippen molar-refractivity contribution >= 4 is 35.8 Å². The van der Waals surface area contributed by atoms with Crippen LogP contribution in [-0.4, -0.2) is 118 Å². The molecule has 3 fully saturated rings. The Morgan fingerprint density at radius 3 is 2.14 bits per heavy atom. The van der Waals surface area contributed by atoms with Crippen LogP contribution in [0.5, 0.6) is 0 Å². The average molecular weight is 830 g/mol. The summed E-state index contributed by atoms with van der Waals surface area (Å²) in [5, 5.41) is 39.7. The number of aliphatic hydroxyl groups is 3. The van der Waals surface area contributed by atoms with Crippen molar-refractivity contribution in [2.45, 2.75) is 143 Å². The predicted octanol–water partition coefficient (Wildman–Crippen LogP) is 3.36. The van der Waals surface area contributed by atoms with Crippen molar-refractivity contribution in [1.82, 2.24) is 5.32 Å². The summed E-state index contributed by atoms with van der Waals surface area (Å²) in [5.74, 6) is -6.20. The van der Waals surface area contributed by atoms with Crippen LogP contribution in [0.1, 0.15) is 99.4 Å². The number of hydrogen-bond acceptors (Lipinski definition) is 15. The van der Waals surface area contributed by atoms with Crippen molar-refractivity contribution in [3.8, 4) is 0 Å². The molecule has 1 saturated heterocycles. The van der Waals surface area contributed by atoms with E-state index in [0.29, 0.717) is 0 Å². The Bertz CT molecular complexity index is 1870. The van der Waals surface area contributed by atoms with E-state index in [1.54, 1.807) is 52.8 Å². The topological polar surface area (TPSA) is 231 Å². The number of hydrogen-bond donors (Lipinski definition) is 4. The van der Waals surface area contributed by atoms with Gasteiger partial charge in [-0.2, -0.15) is 0 Å². The van der Waals surface area contributed by atoms with Crippen LogP contribution < -0.4 is 5.32 Å². The molecule has 3 aliphatic carbocycles. The van der Waals surface area contributed by atoms with Crippen LogP contribution in [0.25, 0.3) is 0 Å². The summed E-state index contributed by atoms with van der Waals surface area (Å²) in [6.45, 7) is 16.8. The van der Waals surface area contributed by atoms with Crippen LogP contribution in [0.2, 0.25) is 0 Å². The third kappa shape index (κ3) is 8.00. The van der Waals surface area contributed by atoms with E-state index in [4.69, 9.17) is 28.4 Å². The third-order valence-electron chi connectivity index (χ3n) is 12.8. The fourth-order valence-electron chi connectivity index (χ4n) is 9.54. The molecule has 2 saturated carbocycles. The minimum atomic E-state index is -2.38. The molecule has 16 nitrogen and oxygen atoms in total. The van der Waals surface area contributed by atoms with Crippen LogP contribution in [0.15, 0.2) is 41.5 Å². The highest BCUT2D eigenvalue weighted by molar-refractivity contribution is 5.95. The van der Waals surface area contributed by atoms with E-state index in [1.807, 2.05) is 13.8 Å². The summed E-state index contributed by atoms with van der Waals surface area (Å²) in [7, 11) is 0. The molecule has 1 aromatic carbocycles. The molecule has 0 radical (unpaired) electrons. The second-order valence-electron chi connectivity index (χ2n) is 18.6. The van der Waals surface area contributed by atoms with E-state index in [1.165, 1.54) is 26.0 Å². The number of carbonyl (C=O) groups excluding carboxylic acids is 6.